The summed E-state index contributed by atoms with van der Waals surface area (Å²) < 4.78 is 15.0. The van der Waals surface area contributed by atoms with Crippen LogP contribution in [0.25, 0.3) is 22.6 Å². The number of nitrogens with zero attached hydrogens (tertiary/aromatic N) is 4. The van der Waals surface area contributed by atoms with Crippen LogP contribution in [0.2, 0.25) is 5.02 Å². The number of hydrogen-bond acceptors (Lipinski definition) is 6. The first-order valence-electron chi connectivity index (χ1n) is 11.2. The lowest BCUT2D eigenvalue weighted by atomic mass is 10.1. The molecule has 0 aliphatic heterocycles. The van der Waals surface area contributed by atoms with E-state index < -0.39 is 0 Å². The second-order valence-corrected chi connectivity index (χ2v) is 9.37. The highest BCUT2D eigenvalue weighted by Crippen LogP contribution is 2.30. The first-order valence-corrected chi connectivity index (χ1v) is 12.3. The summed E-state index contributed by atoms with van der Waals surface area (Å²) in [6.45, 7) is 2.94. The van der Waals surface area contributed by atoms with Gasteiger partial charge >= 0.3 is 0 Å². The van der Waals surface area contributed by atoms with Crippen LogP contribution in [0.1, 0.15) is 27.3 Å². The molecule has 0 saturated carbocycles. The number of carbonyl (C=O) groups is 1. The molecule has 0 aliphatic rings. The van der Waals surface area contributed by atoms with E-state index in [0.717, 1.165) is 22.3 Å². The zero-order valence-electron chi connectivity index (χ0n) is 19.3. The monoisotopic (exact) mass is 517 g/mol. The van der Waals surface area contributed by atoms with Crippen molar-refractivity contribution in [2.75, 3.05) is 5.32 Å². The van der Waals surface area contributed by atoms with Gasteiger partial charge in [0.1, 0.15) is 11.3 Å². The molecule has 2 heterocycles. The predicted molar refractivity (Wildman–Crippen MR) is 142 cm³/mol. The number of anilines is 1. The van der Waals surface area contributed by atoms with Gasteiger partial charge in [-0.3, -0.25) is 4.79 Å². The molecule has 0 saturated heterocycles. The molecule has 3 aromatic carbocycles. The van der Waals surface area contributed by atoms with Crippen LogP contribution >= 0.6 is 23.7 Å². The first-order chi connectivity index (χ1) is 17.5. The smallest absolute Gasteiger partial charge is 0.196 e. The predicted octanol–water partition coefficient (Wildman–Crippen LogP) is 6.90. The standard InChI is InChI=1S/C27H21ClFN5OS/c1-17-3-2-4-20(13-17)27-33-26-24(34(27)15-19-7-11-22(36-29)12-8-19)25(31-23(16-35)32-26)30-14-18-5-9-21(28)10-6-18/h2-13,16H,14-15H2,1H3,(H,30,31,32). The molecule has 0 unspecified atom stereocenters. The third-order valence-corrected chi connectivity index (χ3v) is 6.43. The Hall–Kier alpha value is -3.75. The van der Waals surface area contributed by atoms with Gasteiger partial charge in [0.2, 0.25) is 0 Å². The summed E-state index contributed by atoms with van der Waals surface area (Å²) in [6, 6.07) is 22.8. The summed E-state index contributed by atoms with van der Waals surface area (Å²) in [5, 5.41) is 4.01. The number of fused-ring (bicyclic) bond motifs is 1. The highest BCUT2D eigenvalue weighted by molar-refractivity contribution is 7.94. The summed E-state index contributed by atoms with van der Waals surface area (Å²) in [6.07, 6.45) is 0.617. The summed E-state index contributed by atoms with van der Waals surface area (Å²) in [4.78, 5) is 25.9. The Morgan fingerprint density at radius 3 is 2.44 bits per heavy atom. The Morgan fingerprint density at radius 2 is 1.75 bits per heavy atom. The normalized spacial score (nSPS) is 11.1. The van der Waals surface area contributed by atoms with Crippen LogP contribution in [-0.2, 0) is 13.1 Å². The average molecular weight is 518 g/mol. The maximum absolute atomic E-state index is 13.0. The maximum Gasteiger partial charge on any atom is 0.196 e. The van der Waals surface area contributed by atoms with Crippen molar-refractivity contribution in [3.05, 3.63) is 100 Å². The number of aryl methyl sites for hydroxylation is 1. The molecule has 0 spiro atoms. The lowest BCUT2D eigenvalue weighted by molar-refractivity contribution is 0.111. The fourth-order valence-corrected chi connectivity index (χ4v) is 4.37. The van der Waals surface area contributed by atoms with Crippen molar-refractivity contribution < 1.29 is 8.68 Å². The lowest BCUT2D eigenvalue weighted by Gasteiger charge is -2.13. The minimum Gasteiger partial charge on any atom is -0.364 e. The van der Waals surface area contributed by atoms with Crippen LogP contribution in [-0.4, -0.2) is 25.8 Å². The number of imidazole rings is 1. The Morgan fingerprint density at radius 1 is 1.00 bits per heavy atom. The highest BCUT2D eigenvalue weighted by atomic mass is 35.5. The van der Waals surface area contributed by atoms with E-state index in [2.05, 4.69) is 21.4 Å². The van der Waals surface area contributed by atoms with Gasteiger partial charge in [0, 0.05) is 28.6 Å². The van der Waals surface area contributed by atoms with Crippen molar-refractivity contribution in [3.63, 3.8) is 0 Å². The maximum atomic E-state index is 13.0. The Labute approximate surface area is 216 Å². The molecule has 0 bridgehead atoms. The van der Waals surface area contributed by atoms with Gasteiger partial charge < -0.3 is 9.88 Å². The van der Waals surface area contributed by atoms with Crippen molar-refractivity contribution in [3.8, 4) is 11.4 Å². The number of nitrogens with one attached hydrogen (secondary N) is 1. The first kappa shape index (κ1) is 24.0. The van der Waals surface area contributed by atoms with Crippen LogP contribution in [0.4, 0.5) is 9.70 Å². The molecule has 0 fully saturated rings. The fraction of sp³-hybridized carbons (Fsp3) is 0.111. The molecule has 5 aromatic rings. The summed E-state index contributed by atoms with van der Waals surface area (Å²) in [5.41, 5.74) is 5.07. The van der Waals surface area contributed by atoms with Gasteiger partial charge in [-0.05, 0) is 48.4 Å². The number of hydrogen-bond donors (Lipinski definition) is 1. The van der Waals surface area contributed by atoms with E-state index in [4.69, 9.17) is 16.6 Å². The Bertz CT molecular complexity index is 1540. The van der Waals surface area contributed by atoms with Crippen molar-refractivity contribution >= 4 is 47.0 Å². The van der Waals surface area contributed by atoms with Gasteiger partial charge in [0.15, 0.2) is 23.6 Å². The second-order valence-electron chi connectivity index (χ2n) is 8.31. The molecule has 9 heteroatoms. The fourth-order valence-electron chi connectivity index (χ4n) is 4.00. The second kappa shape index (κ2) is 10.5. The molecule has 180 valence electrons. The van der Waals surface area contributed by atoms with Gasteiger partial charge in [0.05, 0.1) is 12.1 Å². The quantitative estimate of drug-likeness (QED) is 0.226. The summed E-state index contributed by atoms with van der Waals surface area (Å²) in [5.74, 6) is 1.25. The minimum atomic E-state index is 0.0471. The molecule has 5 rings (SSSR count). The van der Waals surface area contributed by atoms with E-state index in [9.17, 15) is 8.68 Å². The van der Waals surface area contributed by atoms with Crippen molar-refractivity contribution in [1.82, 2.24) is 19.5 Å². The van der Waals surface area contributed by atoms with Crippen LogP contribution < -0.4 is 5.32 Å². The van der Waals surface area contributed by atoms with Crippen LogP contribution in [0.3, 0.4) is 0 Å². The van der Waals surface area contributed by atoms with E-state index in [-0.39, 0.29) is 18.0 Å². The van der Waals surface area contributed by atoms with Crippen molar-refractivity contribution in [1.29, 1.82) is 0 Å². The topological polar surface area (TPSA) is 72.7 Å². The van der Waals surface area contributed by atoms with Gasteiger partial charge in [-0.2, -0.15) is 3.89 Å². The number of aromatic nitrogens is 4. The van der Waals surface area contributed by atoms with Crippen molar-refractivity contribution in [2.24, 2.45) is 0 Å². The van der Waals surface area contributed by atoms with Crippen LogP contribution in [0.5, 0.6) is 0 Å². The van der Waals surface area contributed by atoms with Gasteiger partial charge in [0.25, 0.3) is 0 Å². The Balaban J connectivity index is 1.65. The highest BCUT2D eigenvalue weighted by Gasteiger charge is 2.20. The van der Waals surface area contributed by atoms with Crippen LogP contribution in [0.15, 0.2) is 77.7 Å². The Kier molecular flexibility index (Phi) is 6.97. The molecule has 0 amide bonds. The number of carbonyl (C=O) groups excluding carboxylic acids is 1. The number of benzene rings is 3. The molecule has 0 aliphatic carbocycles. The molecular weight excluding hydrogens is 497 g/mol. The zero-order chi connectivity index (χ0) is 25.1. The average Bonchev–Trinajstić information content (AvgIpc) is 3.26. The van der Waals surface area contributed by atoms with E-state index in [1.165, 1.54) is 0 Å². The van der Waals surface area contributed by atoms with Gasteiger partial charge in [-0.25, -0.2) is 15.0 Å². The number of rotatable bonds is 8. The molecule has 1 N–H and O–H groups in total. The third kappa shape index (κ3) is 5.10. The molecule has 36 heavy (non-hydrogen) atoms. The van der Waals surface area contributed by atoms with E-state index in [1.807, 2.05) is 66.1 Å². The summed E-state index contributed by atoms with van der Waals surface area (Å²) in [7, 11) is 0. The molecule has 0 atom stereocenters. The molecule has 0 radical (unpaired) electrons. The molecule has 2 aromatic heterocycles. The zero-order valence-corrected chi connectivity index (χ0v) is 20.9. The largest absolute Gasteiger partial charge is 0.364 e. The van der Waals surface area contributed by atoms with E-state index in [1.54, 1.807) is 12.1 Å². The molecular formula is C27H21ClFN5OS. The SMILES string of the molecule is Cc1cccc(-c2nc3nc(C=O)nc(NCc4ccc(Cl)cc4)c3n2Cc2ccc(SF)cc2)c1. The third-order valence-electron chi connectivity index (χ3n) is 5.73. The number of aldehydes is 1. The molecule has 6 nitrogen and oxygen atoms in total. The van der Waals surface area contributed by atoms with Crippen molar-refractivity contribution in [2.45, 2.75) is 24.9 Å². The van der Waals surface area contributed by atoms with E-state index >= 15 is 0 Å². The lowest BCUT2D eigenvalue weighted by Crippen LogP contribution is -2.09. The van der Waals surface area contributed by atoms with Crippen LogP contribution in [0, 0.1) is 6.92 Å². The minimum absolute atomic E-state index is 0.0471. The van der Waals surface area contributed by atoms with Gasteiger partial charge in [-0.1, -0.05) is 59.6 Å². The number of halogens is 2. The van der Waals surface area contributed by atoms with Gasteiger partial charge in [-0.15, -0.1) is 0 Å². The summed E-state index contributed by atoms with van der Waals surface area (Å²) >= 11 is 6.23. The van der Waals surface area contributed by atoms with E-state index in [0.29, 0.717) is 52.1 Å².